The Hall–Kier alpha value is -1.91. The van der Waals surface area contributed by atoms with Gasteiger partial charge in [0, 0.05) is 6.42 Å². The molecule has 0 heterocycles. The third kappa shape index (κ3) is 11.6. The first-order valence-electron chi connectivity index (χ1n) is 10.9. The molecule has 162 valence electrons. The molecule has 2 N–H and O–H groups in total. The number of allylic oxidation sites excluding steroid dienone is 2. The highest BCUT2D eigenvalue weighted by Gasteiger charge is 2.11. The van der Waals surface area contributed by atoms with E-state index in [1.807, 2.05) is 48.6 Å². The van der Waals surface area contributed by atoms with Crippen LogP contribution in [0.1, 0.15) is 88.4 Å². The summed E-state index contributed by atoms with van der Waals surface area (Å²) in [7, 11) is 1.37. The smallest absolute Gasteiger partial charge is 0.305 e. The quantitative estimate of drug-likeness (QED) is 0.223. The van der Waals surface area contributed by atoms with Crippen LogP contribution in [0.15, 0.2) is 42.5 Å². The zero-order valence-electron chi connectivity index (χ0n) is 18.1. The van der Waals surface area contributed by atoms with Crippen LogP contribution in [-0.4, -0.2) is 29.4 Å². The number of carbonyl (C=O) groups excluding carboxylic acids is 1. The Balaban J connectivity index is 2.45. The molecule has 29 heavy (non-hydrogen) atoms. The number of benzene rings is 1. The number of ether oxygens (including phenoxy) is 1. The Labute approximate surface area is 176 Å². The molecule has 0 saturated carbocycles. The summed E-state index contributed by atoms with van der Waals surface area (Å²) in [5, 5.41) is 20.5. The topological polar surface area (TPSA) is 66.8 Å². The average Bonchev–Trinajstić information content (AvgIpc) is 2.73. The highest BCUT2D eigenvalue weighted by molar-refractivity contribution is 5.69. The molecule has 0 saturated heterocycles. The number of hydrogen-bond donors (Lipinski definition) is 2. The van der Waals surface area contributed by atoms with Crippen molar-refractivity contribution in [3.05, 3.63) is 53.6 Å². The number of esters is 1. The minimum atomic E-state index is -0.622. The van der Waals surface area contributed by atoms with Gasteiger partial charge in [0.2, 0.25) is 0 Å². The van der Waals surface area contributed by atoms with Crippen molar-refractivity contribution in [2.75, 3.05) is 7.11 Å². The van der Waals surface area contributed by atoms with Gasteiger partial charge in [-0.3, -0.25) is 4.79 Å². The van der Waals surface area contributed by atoms with Crippen molar-refractivity contribution in [1.29, 1.82) is 0 Å². The van der Waals surface area contributed by atoms with Crippen LogP contribution in [0.2, 0.25) is 0 Å². The summed E-state index contributed by atoms with van der Waals surface area (Å²) in [6.45, 7) is 2.21. The van der Waals surface area contributed by atoms with Gasteiger partial charge in [0.25, 0.3) is 0 Å². The molecule has 0 fully saturated rings. The van der Waals surface area contributed by atoms with Crippen molar-refractivity contribution in [2.45, 2.75) is 83.3 Å². The molecule has 2 atom stereocenters. The van der Waals surface area contributed by atoms with Gasteiger partial charge in [0.1, 0.15) is 0 Å². The lowest BCUT2D eigenvalue weighted by Crippen LogP contribution is -2.04. The number of aliphatic hydroxyl groups excluding tert-OH is 2. The standard InChI is InChI=1S/C25H38O4/c1-3-4-5-6-7-8-16-22(26)17-11-9-14-21-15-10-12-18-23(21)24(27)19-13-20-25(28)29-2/h9-12,14-15,17-18,22,24,26-27H,3-8,13,16,19-20H2,1-2H3/b14-9+,17-11+. The first-order valence-corrected chi connectivity index (χ1v) is 10.9. The molecule has 4 heteroatoms. The van der Waals surface area contributed by atoms with Gasteiger partial charge >= 0.3 is 5.97 Å². The van der Waals surface area contributed by atoms with Crippen LogP contribution in [0.4, 0.5) is 0 Å². The third-order valence-electron chi connectivity index (χ3n) is 5.01. The van der Waals surface area contributed by atoms with Gasteiger partial charge in [0.05, 0.1) is 19.3 Å². The van der Waals surface area contributed by atoms with Crippen LogP contribution in [0.5, 0.6) is 0 Å². The van der Waals surface area contributed by atoms with E-state index in [2.05, 4.69) is 11.7 Å². The molecule has 0 aliphatic rings. The first kappa shape index (κ1) is 25.1. The zero-order valence-corrected chi connectivity index (χ0v) is 18.1. The molecule has 4 nitrogen and oxygen atoms in total. The molecule has 0 aliphatic heterocycles. The van der Waals surface area contributed by atoms with Gasteiger partial charge in [0.15, 0.2) is 0 Å². The van der Waals surface area contributed by atoms with Gasteiger partial charge in [-0.15, -0.1) is 0 Å². The third-order valence-corrected chi connectivity index (χ3v) is 5.01. The van der Waals surface area contributed by atoms with Gasteiger partial charge in [-0.1, -0.05) is 94.0 Å². The van der Waals surface area contributed by atoms with E-state index in [1.54, 1.807) is 0 Å². The van der Waals surface area contributed by atoms with Crippen molar-refractivity contribution < 1.29 is 19.7 Å². The minimum Gasteiger partial charge on any atom is -0.469 e. The summed E-state index contributed by atoms with van der Waals surface area (Å²) in [5.41, 5.74) is 1.78. The summed E-state index contributed by atoms with van der Waals surface area (Å²) in [5.74, 6) is -0.255. The molecule has 0 amide bonds. The van der Waals surface area contributed by atoms with Crippen LogP contribution in [0.25, 0.3) is 6.08 Å². The van der Waals surface area contributed by atoms with E-state index in [-0.39, 0.29) is 5.97 Å². The number of carbonyl (C=O) groups is 1. The van der Waals surface area contributed by atoms with E-state index in [0.29, 0.717) is 19.3 Å². The summed E-state index contributed by atoms with van der Waals surface area (Å²) in [6, 6.07) is 7.69. The Morgan fingerprint density at radius 1 is 1.00 bits per heavy atom. The van der Waals surface area contributed by atoms with Gasteiger partial charge in [-0.25, -0.2) is 0 Å². The average molecular weight is 403 g/mol. The minimum absolute atomic E-state index is 0.255. The Bertz CT molecular complexity index is 621. The van der Waals surface area contributed by atoms with Gasteiger partial charge < -0.3 is 14.9 Å². The zero-order chi connectivity index (χ0) is 21.3. The molecule has 2 unspecified atom stereocenters. The molecule has 0 aromatic heterocycles. The predicted molar refractivity (Wildman–Crippen MR) is 119 cm³/mol. The van der Waals surface area contributed by atoms with Crippen molar-refractivity contribution >= 4 is 12.0 Å². The van der Waals surface area contributed by atoms with E-state index in [1.165, 1.54) is 39.2 Å². The molecular weight excluding hydrogens is 364 g/mol. The summed E-state index contributed by atoms with van der Waals surface area (Å²) >= 11 is 0. The maximum absolute atomic E-state index is 11.2. The normalized spacial score (nSPS) is 13.8. The van der Waals surface area contributed by atoms with Crippen molar-refractivity contribution in [1.82, 2.24) is 0 Å². The summed E-state index contributed by atoms with van der Waals surface area (Å²) in [4.78, 5) is 11.2. The summed E-state index contributed by atoms with van der Waals surface area (Å²) in [6.07, 6.45) is 16.0. The lowest BCUT2D eigenvalue weighted by atomic mass is 9.98. The Morgan fingerprint density at radius 2 is 1.72 bits per heavy atom. The highest BCUT2D eigenvalue weighted by atomic mass is 16.5. The van der Waals surface area contributed by atoms with Crippen LogP contribution < -0.4 is 0 Å². The van der Waals surface area contributed by atoms with Crippen molar-refractivity contribution in [3.63, 3.8) is 0 Å². The molecule has 0 bridgehead atoms. The maximum Gasteiger partial charge on any atom is 0.305 e. The summed E-state index contributed by atoms with van der Waals surface area (Å²) < 4.78 is 4.63. The van der Waals surface area contributed by atoms with Gasteiger partial charge in [-0.05, 0) is 30.4 Å². The van der Waals surface area contributed by atoms with Crippen LogP contribution >= 0.6 is 0 Å². The fourth-order valence-electron chi connectivity index (χ4n) is 3.25. The first-order chi connectivity index (χ1) is 14.1. The lowest BCUT2D eigenvalue weighted by molar-refractivity contribution is -0.140. The molecule has 1 aromatic carbocycles. The van der Waals surface area contributed by atoms with E-state index < -0.39 is 12.2 Å². The Kier molecular flexibility index (Phi) is 13.8. The fourth-order valence-corrected chi connectivity index (χ4v) is 3.25. The Morgan fingerprint density at radius 3 is 2.48 bits per heavy atom. The second kappa shape index (κ2) is 15.9. The molecule has 1 aromatic rings. The number of methoxy groups -OCH3 is 1. The second-order valence-corrected chi connectivity index (χ2v) is 7.48. The van der Waals surface area contributed by atoms with Crippen molar-refractivity contribution in [3.8, 4) is 0 Å². The van der Waals surface area contributed by atoms with Crippen LogP contribution in [-0.2, 0) is 9.53 Å². The van der Waals surface area contributed by atoms with E-state index in [0.717, 1.165) is 24.0 Å². The maximum atomic E-state index is 11.2. The molecule has 0 aliphatic carbocycles. The van der Waals surface area contributed by atoms with E-state index in [4.69, 9.17) is 0 Å². The molecule has 0 radical (unpaired) electrons. The second-order valence-electron chi connectivity index (χ2n) is 7.48. The van der Waals surface area contributed by atoms with E-state index in [9.17, 15) is 15.0 Å². The molecule has 0 spiro atoms. The van der Waals surface area contributed by atoms with Gasteiger partial charge in [-0.2, -0.15) is 0 Å². The SMILES string of the molecule is CCCCCCCCC(O)/C=C/C=C/c1ccccc1C(O)CCCC(=O)OC. The van der Waals surface area contributed by atoms with Crippen molar-refractivity contribution in [2.24, 2.45) is 0 Å². The van der Waals surface area contributed by atoms with Crippen LogP contribution in [0, 0.1) is 0 Å². The van der Waals surface area contributed by atoms with Crippen LogP contribution in [0.3, 0.4) is 0 Å². The predicted octanol–water partition coefficient (Wildman–Crippen LogP) is 5.74. The number of rotatable bonds is 15. The number of unbranched alkanes of at least 4 members (excludes halogenated alkanes) is 5. The van der Waals surface area contributed by atoms with E-state index >= 15 is 0 Å². The molecular formula is C25H38O4. The monoisotopic (exact) mass is 402 g/mol. The number of hydrogen-bond acceptors (Lipinski definition) is 4. The fraction of sp³-hybridized carbons (Fsp3) is 0.560. The highest BCUT2D eigenvalue weighted by Crippen LogP contribution is 2.24. The lowest BCUT2D eigenvalue weighted by Gasteiger charge is -2.13. The molecule has 1 rings (SSSR count). The number of aliphatic hydroxyl groups is 2. The largest absolute Gasteiger partial charge is 0.469 e.